The van der Waals surface area contributed by atoms with Crippen LogP contribution in [0.3, 0.4) is 0 Å². The molecule has 2 aliphatic heterocycles. The number of halogens is 2. The van der Waals surface area contributed by atoms with Crippen molar-refractivity contribution in [1.29, 1.82) is 0 Å². The zero-order valence-electron chi connectivity index (χ0n) is 16.1. The van der Waals surface area contributed by atoms with E-state index in [1.54, 1.807) is 12.1 Å². The molecule has 7 heteroatoms. The van der Waals surface area contributed by atoms with Crippen LogP contribution in [0.15, 0.2) is 41.4 Å². The van der Waals surface area contributed by atoms with Gasteiger partial charge in [-0.25, -0.2) is 9.38 Å². The fraction of sp³-hybridized carbons (Fsp3) is 0.550. The Morgan fingerprint density at radius 1 is 1.30 bits per heavy atom. The summed E-state index contributed by atoms with van der Waals surface area (Å²) in [5.41, 5.74) is 0. The van der Waals surface area contributed by atoms with E-state index >= 15 is 0 Å². The molecular weight excluding hydrogens is 458 g/mol. The van der Waals surface area contributed by atoms with E-state index < -0.39 is 0 Å². The predicted molar refractivity (Wildman–Crippen MR) is 119 cm³/mol. The van der Waals surface area contributed by atoms with Crippen LogP contribution >= 0.6 is 24.0 Å². The second-order valence-corrected chi connectivity index (χ2v) is 6.89. The van der Waals surface area contributed by atoms with Gasteiger partial charge in [-0.15, -0.1) is 24.0 Å². The van der Waals surface area contributed by atoms with Gasteiger partial charge in [0.15, 0.2) is 5.96 Å². The van der Waals surface area contributed by atoms with Crippen molar-refractivity contribution < 1.29 is 9.13 Å². The van der Waals surface area contributed by atoms with Gasteiger partial charge >= 0.3 is 0 Å². The molecule has 0 aromatic heterocycles. The number of likely N-dealkylation sites (tertiary alicyclic amines) is 1. The van der Waals surface area contributed by atoms with E-state index in [1.807, 2.05) is 6.92 Å². The number of aliphatic imine (C=N–C) groups is 1. The van der Waals surface area contributed by atoms with Crippen molar-refractivity contribution in [3.63, 3.8) is 0 Å². The molecule has 1 aromatic rings. The van der Waals surface area contributed by atoms with Crippen molar-refractivity contribution in [2.45, 2.75) is 32.4 Å². The third kappa shape index (κ3) is 6.34. The molecule has 3 rings (SSSR count). The van der Waals surface area contributed by atoms with Crippen LogP contribution in [0.5, 0.6) is 5.75 Å². The first kappa shape index (κ1) is 21.9. The fourth-order valence-electron chi connectivity index (χ4n) is 3.45. The number of nitrogens with one attached hydrogen (secondary N) is 1. The number of rotatable bonds is 6. The second-order valence-electron chi connectivity index (χ2n) is 6.89. The van der Waals surface area contributed by atoms with Crippen molar-refractivity contribution in [1.82, 2.24) is 15.1 Å². The van der Waals surface area contributed by atoms with Gasteiger partial charge < -0.3 is 15.0 Å². The SMILES string of the molecule is CCNC(=NCC(C)Oc1ccc(F)cc1)N1CCC(N2CC=CC2)C1.I. The molecule has 0 radical (unpaired) electrons. The monoisotopic (exact) mass is 488 g/mol. The Morgan fingerprint density at radius 3 is 2.67 bits per heavy atom. The van der Waals surface area contributed by atoms with Gasteiger partial charge in [0.05, 0.1) is 6.54 Å². The lowest BCUT2D eigenvalue weighted by molar-refractivity contribution is 0.229. The first-order valence-electron chi connectivity index (χ1n) is 9.50. The first-order valence-corrected chi connectivity index (χ1v) is 9.50. The van der Waals surface area contributed by atoms with Crippen molar-refractivity contribution in [2.24, 2.45) is 4.99 Å². The zero-order chi connectivity index (χ0) is 18.4. The summed E-state index contributed by atoms with van der Waals surface area (Å²) in [6.07, 6.45) is 5.59. The number of hydrogen-bond acceptors (Lipinski definition) is 3. The molecular formula is C20H30FIN4O. The molecule has 27 heavy (non-hydrogen) atoms. The van der Waals surface area contributed by atoms with E-state index in [4.69, 9.17) is 9.73 Å². The summed E-state index contributed by atoms with van der Waals surface area (Å²) in [5.74, 6) is 1.37. The van der Waals surface area contributed by atoms with Gasteiger partial charge in [0.2, 0.25) is 0 Å². The molecule has 0 spiro atoms. The first-order chi connectivity index (χ1) is 12.7. The van der Waals surface area contributed by atoms with Gasteiger partial charge in [-0.1, -0.05) is 12.2 Å². The molecule has 0 saturated carbocycles. The maximum Gasteiger partial charge on any atom is 0.194 e. The van der Waals surface area contributed by atoms with Crippen LogP contribution in [0.2, 0.25) is 0 Å². The lowest BCUT2D eigenvalue weighted by atomic mass is 10.2. The van der Waals surface area contributed by atoms with E-state index in [0.717, 1.165) is 38.7 Å². The average molecular weight is 488 g/mol. The lowest BCUT2D eigenvalue weighted by Gasteiger charge is -2.25. The van der Waals surface area contributed by atoms with Crippen LogP contribution in [0.1, 0.15) is 20.3 Å². The topological polar surface area (TPSA) is 40.1 Å². The highest BCUT2D eigenvalue weighted by Gasteiger charge is 2.29. The summed E-state index contributed by atoms with van der Waals surface area (Å²) >= 11 is 0. The van der Waals surface area contributed by atoms with Crippen LogP contribution in [0.4, 0.5) is 4.39 Å². The smallest absolute Gasteiger partial charge is 0.194 e. The predicted octanol–water partition coefficient (Wildman–Crippen LogP) is 3.12. The Kier molecular flexibility index (Phi) is 8.82. The maximum absolute atomic E-state index is 13.0. The van der Waals surface area contributed by atoms with E-state index in [0.29, 0.717) is 18.3 Å². The summed E-state index contributed by atoms with van der Waals surface area (Å²) in [6, 6.07) is 6.72. The normalized spacial score (nSPS) is 21.2. The highest BCUT2D eigenvalue weighted by atomic mass is 127. The third-order valence-corrected chi connectivity index (χ3v) is 4.81. The minimum atomic E-state index is -0.255. The van der Waals surface area contributed by atoms with Gasteiger partial charge in [0.25, 0.3) is 0 Å². The van der Waals surface area contributed by atoms with Gasteiger partial charge in [-0.2, -0.15) is 0 Å². The van der Waals surface area contributed by atoms with E-state index in [-0.39, 0.29) is 35.9 Å². The summed E-state index contributed by atoms with van der Waals surface area (Å²) < 4.78 is 18.8. The van der Waals surface area contributed by atoms with Crippen LogP contribution in [0.25, 0.3) is 0 Å². The highest BCUT2D eigenvalue weighted by Crippen LogP contribution is 2.18. The summed E-state index contributed by atoms with van der Waals surface area (Å²) in [7, 11) is 0. The molecule has 2 aliphatic rings. The van der Waals surface area contributed by atoms with E-state index in [1.165, 1.54) is 18.6 Å². The number of nitrogens with zero attached hydrogens (tertiary/aromatic N) is 3. The Labute approximate surface area is 178 Å². The fourth-order valence-corrected chi connectivity index (χ4v) is 3.45. The molecule has 2 atom stereocenters. The molecule has 0 amide bonds. The van der Waals surface area contributed by atoms with Crippen LogP contribution in [0, 0.1) is 5.82 Å². The molecule has 5 nitrogen and oxygen atoms in total. The van der Waals surface area contributed by atoms with Gasteiger partial charge in [-0.05, 0) is 44.5 Å². The Bertz CT molecular complexity index is 629. The Hall–Kier alpha value is -1.35. The van der Waals surface area contributed by atoms with Crippen LogP contribution in [-0.4, -0.2) is 67.2 Å². The van der Waals surface area contributed by atoms with Crippen molar-refractivity contribution in [3.8, 4) is 5.75 Å². The third-order valence-electron chi connectivity index (χ3n) is 4.81. The van der Waals surface area contributed by atoms with Gasteiger partial charge in [-0.3, -0.25) is 4.90 Å². The molecule has 150 valence electrons. The van der Waals surface area contributed by atoms with Crippen molar-refractivity contribution in [3.05, 3.63) is 42.2 Å². The molecule has 1 aromatic carbocycles. The Morgan fingerprint density at radius 2 is 2.00 bits per heavy atom. The minimum Gasteiger partial charge on any atom is -0.489 e. The largest absolute Gasteiger partial charge is 0.489 e. The molecule has 1 fully saturated rings. The Balaban J connectivity index is 0.00000261. The van der Waals surface area contributed by atoms with Gasteiger partial charge in [0, 0.05) is 38.8 Å². The van der Waals surface area contributed by atoms with Crippen molar-refractivity contribution in [2.75, 3.05) is 39.3 Å². The highest BCUT2D eigenvalue weighted by molar-refractivity contribution is 14.0. The number of benzene rings is 1. The van der Waals surface area contributed by atoms with E-state index in [2.05, 4.69) is 34.2 Å². The van der Waals surface area contributed by atoms with Crippen LogP contribution < -0.4 is 10.1 Å². The standard InChI is InChI=1S/C20H29FN4O.HI/c1-3-22-20(25-13-10-18(15-25)24-11-4-5-12-24)23-14-16(2)26-19-8-6-17(21)7-9-19;/h4-9,16,18H,3,10-15H2,1-2H3,(H,22,23);1H. The molecule has 2 unspecified atom stereocenters. The van der Waals surface area contributed by atoms with Crippen LogP contribution in [-0.2, 0) is 0 Å². The number of guanidine groups is 1. The minimum absolute atomic E-state index is 0. The van der Waals surface area contributed by atoms with E-state index in [9.17, 15) is 4.39 Å². The second kappa shape index (κ2) is 10.8. The molecule has 0 bridgehead atoms. The summed E-state index contributed by atoms with van der Waals surface area (Å²) in [5, 5.41) is 3.40. The van der Waals surface area contributed by atoms with Crippen molar-refractivity contribution >= 4 is 29.9 Å². The lowest BCUT2D eigenvalue weighted by Crippen LogP contribution is -2.43. The molecule has 1 N–H and O–H groups in total. The zero-order valence-corrected chi connectivity index (χ0v) is 18.4. The number of hydrogen-bond donors (Lipinski definition) is 1. The average Bonchev–Trinajstić information content (AvgIpc) is 3.32. The quantitative estimate of drug-likeness (QED) is 0.289. The number of ether oxygens (including phenoxy) is 1. The van der Waals surface area contributed by atoms with Gasteiger partial charge in [0.1, 0.15) is 17.7 Å². The molecule has 0 aliphatic carbocycles. The molecule has 2 heterocycles. The summed E-state index contributed by atoms with van der Waals surface area (Å²) in [4.78, 5) is 9.63. The summed E-state index contributed by atoms with van der Waals surface area (Å²) in [6.45, 7) is 9.65. The maximum atomic E-state index is 13.0. The molecule has 1 saturated heterocycles.